The first-order chi connectivity index (χ1) is 10.3. The molecule has 0 N–H and O–H groups in total. The molecule has 22 heavy (non-hydrogen) atoms. The summed E-state index contributed by atoms with van der Waals surface area (Å²) in [7, 11) is 0. The summed E-state index contributed by atoms with van der Waals surface area (Å²) in [5, 5.41) is 0. The molecule has 0 spiro atoms. The van der Waals surface area contributed by atoms with Crippen molar-refractivity contribution >= 4 is 28.6 Å². The zero-order valence-corrected chi connectivity index (χ0v) is 13.8. The van der Waals surface area contributed by atoms with Gasteiger partial charge in [-0.25, -0.2) is 0 Å². The van der Waals surface area contributed by atoms with E-state index in [2.05, 4.69) is 0 Å². The Balaban J connectivity index is 2.83. The Hall–Kier alpha value is -1.73. The fraction of sp³-hybridized carbons (Fsp3) is 0.467. The van der Waals surface area contributed by atoms with E-state index in [-0.39, 0.29) is 30.8 Å². The highest BCUT2D eigenvalue weighted by Crippen LogP contribution is 2.20. The molecule has 0 saturated carbocycles. The Morgan fingerprint density at radius 2 is 2.00 bits per heavy atom. The molecular weight excluding hydrogens is 306 g/mol. The molecule has 1 atom stereocenters. The maximum absolute atomic E-state index is 11.7. The quantitative estimate of drug-likeness (QED) is 0.557. The van der Waals surface area contributed by atoms with Crippen LogP contribution in [0.5, 0.6) is 0 Å². The van der Waals surface area contributed by atoms with Crippen LogP contribution in [0.2, 0.25) is 0 Å². The van der Waals surface area contributed by atoms with Crippen molar-refractivity contribution in [3.8, 4) is 0 Å². The van der Waals surface area contributed by atoms with E-state index >= 15 is 0 Å². The van der Waals surface area contributed by atoms with Gasteiger partial charge in [0.15, 0.2) is 0 Å². The van der Waals surface area contributed by atoms with Gasteiger partial charge in [0.05, 0.1) is 6.54 Å². The fourth-order valence-electron chi connectivity index (χ4n) is 2.07. The third-order valence-corrected chi connectivity index (χ3v) is 3.71. The van der Waals surface area contributed by atoms with Crippen LogP contribution >= 0.6 is 0 Å². The molecular formula is C15H20NO5S-. The molecule has 0 saturated heterocycles. The first kappa shape index (κ1) is 18.3. The summed E-state index contributed by atoms with van der Waals surface area (Å²) in [5.41, 5.74) is 2.54. The number of carbonyl (C=O) groups is 2. The summed E-state index contributed by atoms with van der Waals surface area (Å²) < 4.78 is 26.1. The molecule has 122 valence electrons. The molecule has 1 unspecified atom stereocenters. The standard InChI is InChI=1S/C15H21NO5S/c1-11-10-15(5-4-14(11)6-9-22(19)20)16(12(2)17)7-8-21-13(3)18/h4-5,10H,6-9H2,1-3H3,(H,19,20)/p-1. The van der Waals surface area contributed by atoms with Crippen molar-refractivity contribution in [1.29, 1.82) is 0 Å². The van der Waals surface area contributed by atoms with Gasteiger partial charge in [-0.2, -0.15) is 0 Å². The van der Waals surface area contributed by atoms with Gasteiger partial charge in [0, 0.05) is 25.3 Å². The predicted molar refractivity (Wildman–Crippen MR) is 83.3 cm³/mol. The molecule has 7 heteroatoms. The maximum atomic E-state index is 11.7. The smallest absolute Gasteiger partial charge is 0.302 e. The van der Waals surface area contributed by atoms with Crippen LogP contribution in [0.25, 0.3) is 0 Å². The third kappa shape index (κ3) is 5.95. The Bertz CT molecular complexity index is 573. The molecule has 0 bridgehead atoms. The number of esters is 1. The zero-order chi connectivity index (χ0) is 16.7. The number of ether oxygens (including phenoxy) is 1. The molecule has 0 aliphatic heterocycles. The number of anilines is 1. The van der Waals surface area contributed by atoms with Gasteiger partial charge in [-0.3, -0.25) is 13.8 Å². The second kappa shape index (κ2) is 8.65. The summed E-state index contributed by atoms with van der Waals surface area (Å²) in [5.74, 6) is -0.469. The Morgan fingerprint density at radius 1 is 1.32 bits per heavy atom. The molecule has 0 heterocycles. The monoisotopic (exact) mass is 326 g/mol. The highest BCUT2D eigenvalue weighted by atomic mass is 32.2. The van der Waals surface area contributed by atoms with Crippen molar-refractivity contribution in [1.82, 2.24) is 0 Å². The van der Waals surface area contributed by atoms with Gasteiger partial charge < -0.3 is 14.2 Å². The van der Waals surface area contributed by atoms with Crippen molar-refractivity contribution < 1.29 is 23.1 Å². The normalized spacial score (nSPS) is 11.8. The molecule has 6 nitrogen and oxygen atoms in total. The molecule has 1 aromatic carbocycles. The minimum Gasteiger partial charge on any atom is -0.772 e. The summed E-state index contributed by atoms with van der Waals surface area (Å²) in [6, 6.07) is 5.42. The van der Waals surface area contributed by atoms with Gasteiger partial charge in [0.1, 0.15) is 6.61 Å². The Labute approximate surface area is 132 Å². The highest BCUT2D eigenvalue weighted by Gasteiger charge is 2.13. The molecule has 0 radical (unpaired) electrons. The average molecular weight is 326 g/mol. The Kier molecular flexibility index (Phi) is 7.20. The summed E-state index contributed by atoms with van der Waals surface area (Å²) in [6.45, 7) is 5.04. The van der Waals surface area contributed by atoms with Crippen LogP contribution in [0, 0.1) is 6.92 Å². The minimum absolute atomic E-state index is 0.0725. The van der Waals surface area contributed by atoms with Gasteiger partial charge in [0.2, 0.25) is 5.91 Å². The number of aryl methyl sites for hydroxylation is 2. The number of nitrogens with zero attached hydrogens (tertiary/aromatic N) is 1. The molecule has 1 aromatic rings. The van der Waals surface area contributed by atoms with E-state index in [1.54, 1.807) is 6.07 Å². The number of rotatable bonds is 7. The van der Waals surface area contributed by atoms with E-state index in [4.69, 9.17) is 4.74 Å². The lowest BCUT2D eigenvalue weighted by atomic mass is 10.1. The lowest BCUT2D eigenvalue weighted by Crippen LogP contribution is -2.32. The first-order valence-corrected chi connectivity index (χ1v) is 8.12. The van der Waals surface area contributed by atoms with Crippen LogP contribution in [0.1, 0.15) is 25.0 Å². The van der Waals surface area contributed by atoms with E-state index in [0.29, 0.717) is 12.1 Å². The second-order valence-corrected chi connectivity index (χ2v) is 5.90. The topological polar surface area (TPSA) is 86.7 Å². The van der Waals surface area contributed by atoms with Gasteiger partial charge in [0.25, 0.3) is 0 Å². The lowest BCUT2D eigenvalue weighted by molar-refractivity contribution is -0.140. The van der Waals surface area contributed by atoms with E-state index in [1.165, 1.54) is 18.7 Å². The summed E-state index contributed by atoms with van der Waals surface area (Å²) >= 11 is -2.07. The second-order valence-electron chi connectivity index (χ2n) is 4.88. The molecule has 1 rings (SSSR count). The van der Waals surface area contributed by atoms with Crippen LogP contribution in [0.15, 0.2) is 18.2 Å². The minimum atomic E-state index is -2.07. The zero-order valence-electron chi connectivity index (χ0n) is 13.0. The number of carbonyl (C=O) groups excluding carboxylic acids is 2. The molecule has 0 aromatic heterocycles. The summed E-state index contributed by atoms with van der Waals surface area (Å²) in [6.07, 6.45) is 0.440. The van der Waals surface area contributed by atoms with Gasteiger partial charge in [-0.1, -0.05) is 17.1 Å². The predicted octanol–water partition coefficient (Wildman–Crippen LogP) is 1.33. The average Bonchev–Trinajstić information content (AvgIpc) is 2.41. The summed E-state index contributed by atoms with van der Waals surface area (Å²) in [4.78, 5) is 24.0. The third-order valence-electron chi connectivity index (χ3n) is 3.18. The van der Waals surface area contributed by atoms with Crippen molar-refractivity contribution in [3.63, 3.8) is 0 Å². The molecule has 1 amide bonds. The Morgan fingerprint density at radius 3 is 2.50 bits per heavy atom. The van der Waals surface area contributed by atoms with E-state index in [0.717, 1.165) is 11.1 Å². The number of amides is 1. The van der Waals surface area contributed by atoms with E-state index in [1.807, 2.05) is 19.1 Å². The SMILES string of the molecule is CC(=O)OCCN(C(C)=O)c1ccc(CCS(=O)[O-])c(C)c1. The molecule has 0 aliphatic rings. The van der Waals surface area contributed by atoms with E-state index < -0.39 is 11.1 Å². The molecule has 0 aliphatic carbocycles. The lowest BCUT2D eigenvalue weighted by Gasteiger charge is -2.22. The van der Waals surface area contributed by atoms with Crippen LogP contribution in [-0.4, -0.2) is 39.5 Å². The van der Waals surface area contributed by atoms with E-state index in [9.17, 15) is 18.4 Å². The van der Waals surface area contributed by atoms with Crippen LogP contribution < -0.4 is 4.90 Å². The number of hydrogen-bond acceptors (Lipinski definition) is 5. The van der Waals surface area contributed by atoms with Crippen molar-refractivity contribution in [3.05, 3.63) is 29.3 Å². The van der Waals surface area contributed by atoms with Crippen LogP contribution in [0.4, 0.5) is 5.69 Å². The van der Waals surface area contributed by atoms with Crippen molar-refractivity contribution in [2.45, 2.75) is 27.2 Å². The highest BCUT2D eigenvalue weighted by molar-refractivity contribution is 7.79. The number of hydrogen-bond donors (Lipinski definition) is 0. The van der Waals surface area contributed by atoms with Crippen LogP contribution in [-0.2, 0) is 31.8 Å². The van der Waals surface area contributed by atoms with Gasteiger partial charge in [-0.05, 0) is 36.6 Å². The maximum Gasteiger partial charge on any atom is 0.302 e. The van der Waals surface area contributed by atoms with Crippen molar-refractivity contribution in [2.75, 3.05) is 23.8 Å². The molecule has 0 fully saturated rings. The van der Waals surface area contributed by atoms with Gasteiger partial charge >= 0.3 is 5.97 Å². The fourth-order valence-corrected chi connectivity index (χ4v) is 2.46. The van der Waals surface area contributed by atoms with Crippen LogP contribution in [0.3, 0.4) is 0 Å². The van der Waals surface area contributed by atoms with Crippen molar-refractivity contribution in [2.24, 2.45) is 0 Å². The largest absolute Gasteiger partial charge is 0.772 e. The van der Waals surface area contributed by atoms with Gasteiger partial charge in [-0.15, -0.1) is 0 Å². The first-order valence-electron chi connectivity index (χ1n) is 6.88. The number of benzene rings is 1.